The lowest BCUT2D eigenvalue weighted by atomic mass is 9.81. The van der Waals surface area contributed by atoms with Gasteiger partial charge < -0.3 is 10.1 Å². The molecule has 1 atom stereocenters. The Kier molecular flexibility index (Phi) is 4.11. The van der Waals surface area contributed by atoms with Crippen molar-refractivity contribution < 1.29 is 4.74 Å². The second-order valence-electron chi connectivity index (χ2n) is 7.89. The molecular weight excluding hydrogens is 258 g/mol. The first-order chi connectivity index (χ1) is 9.99. The van der Waals surface area contributed by atoms with E-state index >= 15 is 0 Å². The normalized spacial score (nSPS) is 26.0. The highest BCUT2D eigenvalue weighted by Crippen LogP contribution is 2.34. The summed E-state index contributed by atoms with van der Waals surface area (Å²) in [5.74, 6) is 0. The van der Waals surface area contributed by atoms with Gasteiger partial charge in [-0.25, -0.2) is 0 Å². The summed E-state index contributed by atoms with van der Waals surface area (Å²) in [7, 11) is 0. The van der Waals surface area contributed by atoms with Crippen molar-refractivity contribution in [1.82, 2.24) is 5.32 Å². The molecular formula is C19H29NO. The average molecular weight is 287 g/mol. The van der Waals surface area contributed by atoms with Crippen LogP contribution in [0, 0.1) is 0 Å². The number of hydrogen-bond donors (Lipinski definition) is 1. The first-order valence-corrected chi connectivity index (χ1v) is 8.46. The Labute approximate surface area is 129 Å². The molecule has 1 saturated heterocycles. The van der Waals surface area contributed by atoms with Crippen LogP contribution in [0.3, 0.4) is 0 Å². The number of ether oxygens (including phenoxy) is 1. The van der Waals surface area contributed by atoms with E-state index < -0.39 is 0 Å². The SMILES string of the molecule is CC(C)(C)c1ccc(C2CNC3(CCCCC3)CO2)cc1. The Morgan fingerprint density at radius 3 is 2.24 bits per heavy atom. The van der Waals surface area contributed by atoms with Gasteiger partial charge in [-0.2, -0.15) is 0 Å². The van der Waals surface area contributed by atoms with Crippen LogP contribution >= 0.6 is 0 Å². The van der Waals surface area contributed by atoms with E-state index in [0.29, 0.717) is 0 Å². The molecule has 1 aromatic rings. The molecule has 1 N–H and O–H groups in total. The number of morpholine rings is 1. The molecule has 3 rings (SSSR count). The zero-order valence-electron chi connectivity index (χ0n) is 13.7. The third kappa shape index (κ3) is 3.32. The maximum absolute atomic E-state index is 6.22. The lowest BCUT2D eigenvalue weighted by molar-refractivity contribution is -0.0466. The molecule has 0 bridgehead atoms. The van der Waals surface area contributed by atoms with Crippen LogP contribution in [0.1, 0.15) is 70.1 Å². The average Bonchev–Trinajstić information content (AvgIpc) is 2.48. The van der Waals surface area contributed by atoms with Gasteiger partial charge in [0, 0.05) is 12.1 Å². The Bertz CT molecular complexity index is 455. The maximum Gasteiger partial charge on any atom is 0.0950 e. The highest BCUT2D eigenvalue weighted by molar-refractivity contribution is 5.29. The second-order valence-corrected chi connectivity index (χ2v) is 7.89. The third-order valence-electron chi connectivity index (χ3n) is 5.18. The summed E-state index contributed by atoms with van der Waals surface area (Å²) >= 11 is 0. The molecule has 2 nitrogen and oxygen atoms in total. The minimum Gasteiger partial charge on any atom is -0.370 e. The molecule has 0 aromatic heterocycles. The number of nitrogens with one attached hydrogen (secondary N) is 1. The van der Waals surface area contributed by atoms with Gasteiger partial charge in [-0.15, -0.1) is 0 Å². The van der Waals surface area contributed by atoms with Crippen LogP contribution in [0.4, 0.5) is 0 Å². The molecule has 1 aromatic carbocycles. The number of hydrogen-bond acceptors (Lipinski definition) is 2. The van der Waals surface area contributed by atoms with Crippen molar-refractivity contribution in [1.29, 1.82) is 0 Å². The standard InChI is InChI=1S/C19H29NO/c1-18(2,3)16-9-7-15(8-10-16)17-13-20-19(14-21-17)11-5-4-6-12-19/h7-10,17,20H,4-6,11-14H2,1-3H3. The van der Waals surface area contributed by atoms with Crippen molar-refractivity contribution >= 4 is 0 Å². The van der Waals surface area contributed by atoms with E-state index in [-0.39, 0.29) is 17.1 Å². The van der Waals surface area contributed by atoms with Crippen LogP contribution in [0.5, 0.6) is 0 Å². The Morgan fingerprint density at radius 1 is 1.05 bits per heavy atom. The fourth-order valence-electron chi connectivity index (χ4n) is 3.64. The van der Waals surface area contributed by atoms with Gasteiger partial charge >= 0.3 is 0 Å². The minimum absolute atomic E-state index is 0.214. The van der Waals surface area contributed by atoms with Gasteiger partial charge in [-0.05, 0) is 29.4 Å². The van der Waals surface area contributed by atoms with E-state index in [0.717, 1.165) is 13.2 Å². The summed E-state index contributed by atoms with van der Waals surface area (Å²) < 4.78 is 6.22. The minimum atomic E-state index is 0.214. The molecule has 2 aliphatic rings. The lowest BCUT2D eigenvalue weighted by Crippen LogP contribution is -2.55. The van der Waals surface area contributed by atoms with Crippen molar-refractivity contribution in [3.05, 3.63) is 35.4 Å². The predicted octanol–water partition coefficient (Wildman–Crippen LogP) is 4.35. The maximum atomic E-state index is 6.22. The molecule has 0 radical (unpaired) electrons. The van der Waals surface area contributed by atoms with Gasteiger partial charge in [-0.1, -0.05) is 64.3 Å². The lowest BCUT2D eigenvalue weighted by Gasteiger charge is -2.44. The van der Waals surface area contributed by atoms with Gasteiger partial charge in [0.15, 0.2) is 0 Å². The monoisotopic (exact) mass is 287 g/mol. The van der Waals surface area contributed by atoms with Crippen LogP contribution < -0.4 is 5.32 Å². The second kappa shape index (κ2) is 5.73. The van der Waals surface area contributed by atoms with Gasteiger partial charge in [0.1, 0.15) is 0 Å². The van der Waals surface area contributed by atoms with Crippen LogP contribution in [0.25, 0.3) is 0 Å². The van der Waals surface area contributed by atoms with Crippen molar-refractivity contribution in [3.8, 4) is 0 Å². The summed E-state index contributed by atoms with van der Waals surface area (Å²) in [5.41, 5.74) is 3.19. The molecule has 1 saturated carbocycles. The molecule has 0 amide bonds. The van der Waals surface area contributed by atoms with Gasteiger partial charge in [-0.3, -0.25) is 0 Å². The number of rotatable bonds is 1. The highest BCUT2D eigenvalue weighted by atomic mass is 16.5. The summed E-state index contributed by atoms with van der Waals surface area (Å²) in [6.07, 6.45) is 6.86. The zero-order valence-corrected chi connectivity index (χ0v) is 13.7. The van der Waals surface area contributed by atoms with Crippen molar-refractivity contribution in [2.75, 3.05) is 13.2 Å². The van der Waals surface area contributed by atoms with Gasteiger partial charge in [0.25, 0.3) is 0 Å². The van der Waals surface area contributed by atoms with E-state index in [1.165, 1.54) is 43.2 Å². The van der Waals surface area contributed by atoms with Gasteiger partial charge in [0.05, 0.1) is 12.7 Å². The van der Waals surface area contributed by atoms with Crippen molar-refractivity contribution in [3.63, 3.8) is 0 Å². The summed E-state index contributed by atoms with van der Waals surface area (Å²) in [6.45, 7) is 8.60. The van der Waals surface area contributed by atoms with E-state index in [9.17, 15) is 0 Å². The van der Waals surface area contributed by atoms with Crippen LogP contribution in [0.2, 0.25) is 0 Å². The van der Waals surface area contributed by atoms with Crippen molar-refractivity contribution in [2.45, 2.75) is 69.9 Å². The molecule has 2 heteroatoms. The first kappa shape index (κ1) is 15.1. The quantitative estimate of drug-likeness (QED) is 0.829. The number of benzene rings is 1. The third-order valence-corrected chi connectivity index (χ3v) is 5.18. The molecule has 1 aliphatic carbocycles. The highest BCUT2D eigenvalue weighted by Gasteiger charge is 2.36. The Balaban J connectivity index is 1.64. The smallest absolute Gasteiger partial charge is 0.0950 e. The van der Waals surface area contributed by atoms with E-state index in [1.54, 1.807) is 0 Å². The van der Waals surface area contributed by atoms with Crippen LogP contribution in [0.15, 0.2) is 24.3 Å². The molecule has 1 spiro atoms. The molecule has 116 valence electrons. The van der Waals surface area contributed by atoms with E-state index in [1.807, 2.05) is 0 Å². The molecule has 1 unspecified atom stereocenters. The topological polar surface area (TPSA) is 21.3 Å². The predicted molar refractivity (Wildman–Crippen MR) is 87.7 cm³/mol. The Morgan fingerprint density at radius 2 is 1.71 bits per heavy atom. The summed E-state index contributed by atoms with van der Waals surface area (Å²) in [6, 6.07) is 8.99. The summed E-state index contributed by atoms with van der Waals surface area (Å²) in [4.78, 5) is 0. The largest absolute Gasteiger partial charge is 0.370 e. The van der Waals surface area contributed by atoms with Crippen molar-refractivity contribution in [2.24, 2.45) is 0 Å². The van der Waals surface area contributed by atoms with Gasteiger partial charge in [0.2, 0.25) is 0 Å². The fraction of sp³-hybridized carbons (Fsp3) is 0.684. The molecule has 2 fully saturated rings. The summed E-state index contributed by atoms with van der Waals surface area (Å²) in [5, 5.41) is 3.80. The molecule has 1 heterocycles. The van der Waals surface area contributed by atoms with E-state index in [2.05, 4.69) is 50.4 Å². The molecule has 1 aliphatic heterocycles. The molecule has 21 heavy (non-hydrogen) atoms. The Hall–Kier alpha value is -0.860. The fourth-order valence-corrected chi connectivity index (χ4v) is 3.64. The van der Waals surface area contributed by atoms with E-state index in [4.69, 9.17) is 4.74 Å². The van der Waals surface area contributed by atoms with Crippen LogP contribution in [-0.2, 0) is 10.2 Å². The van der Waals surface area contributed by atoms with Crippen LogP contribution in [-0.4, -0.2) is 18.7 Å². The first-order valence-electron chi connectivity index (χ1n) is 8.46. The zero-order chi connectivity index (χ0) is 14.9.